The van der Waals surface area contributed by atoms with E-state index in [2.05, 4.69) is 10.4 Å². The van der Waals surface area contributed by atoms with Gasteiger partial charge in [0.2, 0.25) is 5.91 Å². The Morgan fingerprint density at radius 1 is 1.55 bits per heavy atom. The zero-order valence-electron chi connectivity index (χ0n) is 11.7. The first-order chi connectivity index (χ1) is 10.5. The molecule has 2 aromatic rings. The molecule has 0 saturated carbocycles. The number of anilines is 1. The van der Waals surface area contributed by atoms with E-state index in [1.807, 2.05) is 0 Å². The normalized spacial score (nSPS) is 10.3. The molecule has 1 N–H and O–H groups in total. The number of aromatic nitrogens is 2. The van der Waals surface area contributed by atoms with Gasteiger partial charge in [0.1, 0.15) is 18.1 Å². The Balaban J connectivity index is 1.95. The molecule has 0 unspecified atom stereocenters. The first-order valence-corrected chi connectivity index (χ1v) is 6.67. The van der Waals surface area contributed by atoms with Crippen LogP contribution in [0.4, 0.5) is 11.4 Å². The number of methoxy groups -OCH3 is 1. The van der Waals surface area contributed by atoms with Crippen molar-refractivity contribution in [1.82, 2.24) is 9.78 Å². The fourth-order valence-electron chi connectivity index (χ4n) is 1.78. The summed E-state index contributed by atoms with van der Waals surface area (Å²) in [6.07, 6.45) is 2.51. The number of halogens is 1. The molecule has 0 spiro atoms. The van der Waals surface area contributed by atoms with Crippen LogP contribution in [-0.4, -0.2) is 27.7 Å². The van der Waals surface area contributed by atoms with E-state index in [0.717, 1.165) is 6.20 Å². The van der Waals surface area contributed by atoms with Crippen LogP contribution in [0.1, 0.15) is 6.42 Å². The van der Waals surface area contributed by atoms with Gasteiger partial charge in [-0.05, 0) is 18.2 Å². The zero-order chi connectivity index (χ0) is 16.1. The minimum atomic E-state index is -0.541. The zero-order valence-corrected chi connectivity index (χ0v) is 12.4. The topological polar surface area (TPSA) is 99.3 Å². The summed E-state index contributed by atoms with van der Waals surface area (Å²) in [7, 11) is 1.49. The number of rotatable bonds is 6. The monoisotopic (exact) mass is 324 g/mol. The van der Waals surface area contributed by atoms with Gasteiger partial charge in [-0.2, -0.15) is 5.10 Å². The van der Waals surface area contributed by atoms with Crippen LogP contribution in [0, 0.1) is 10.1 Å². The van der Waals surface area contributed by atoms with E-state index in [1.165, 1.54) is 18.0 Å². The third-order valence-corrected chi connectivity index (χ3v) is 3.07. The van der Waals surface area contributed by atoms with Gasteiger partial charge in [-0.3, -0.25) is 19.6 Å². The molecule has 1 amide bonds. The van der Waals surface area contributed by atoms with Crippen molar-refractivity contribution in [3.8, 4) is 5.75 Å². The Bertz CT molecular complexity index is 701. The molecule has 0 saturated heterocycles. The largest absolute Gasteiger partial charge is 0.495 e. The number of carbonyl (C=O) groups excluding carboxylic acids is 1. The first kappa shape index (κ1) is 15.8. The van der Waals surface area contributed by atoms with Crippen molar-refractivity contribution in [2.75, 3.05) is 12.4 Å². The Morgan fingerprint density at radius 3 is 2.95 bits per heavy atom. The maximum absolute atomic E-state index is 11.9. The van der Waals surface area contributed by atoms with E-state index in [1.54, 1.807) is 18.2 Å². The molecule has 0 aliphatic carbocycles. The first-order valence-electron chi connectivity index (χ1n) is 6.30. The van der Waals surface area contributed by atoms with E-state index >= 15 is 0 Å². The predicted molar refractivity (Wildman–Crippen MR) is 80.1 cm³/mol. The number of amides is 1. The number of nitrogens with zero attached hydrogens (tertiary/aromatic N) is 3. The molecule has 0 bridgehead atoms. The summed E-state index contributed by atoms with van der Waals surface area (Å²) in [4.78, 5) is 21.9. The molecule has 8 nitrogen and oxygen atoms in total. The van der Waals surface area contributed by atoms with Crippen LogP contribution in [-0.2, 0) is 11.3 Å². The van der Waals surface area contributed by atoms with Crippen LogP contribution in [0.5, 0.6) is 5.75 Å². The average molecular weight is 325 g/mol. The number of hydrogen-bond donors (Lipinski definition) is 1. The number of ether oxygens (including phenoxy) is 1. The van der Waals surface area contributed by atoms with Crippen molar-refractivity contribution >= 4 is 28.9 Å². The molecule has 0 aliphatic heterocycles. The molecular formula is C13H13ClN4O4. The minimum Gasteiger partial charge on any atom is -0.495 e. The van der Waals surface area contributed by atoms with Gasteiger partial charge in [-0.1, -0.05) is 11.6 Å². The minimum absolute atomic E-state index is 0.106. The number of hydrogen-bond acceptors (Lipinski definition) is 5. The van der Waals surface area contributed by atoms with Crippen molar-refractivity contribution in [3.63, 3.8) is 0 Å². The fraction of sp³-hybridized carbons (Fsp3) is 0.231. The van der Waals surface area contributed by atoms with Gasteiger partial charge in [-0.25, -0.2) is 0 Å². The lowest BCUT2D eigenvalue weighted by molar-refractivity contribution is -0.385. The van der Waals surface area contributed by atoms with Crippen LogP contribution in [0.3, 0.4) is 0 Å². The molecule has 116 valence electrons. The highest BCUT2D eigenvalue weighted by Gasteiger charge is 2.11. The Hall–Kier alpha value is -2.61. The van der Waals surface area contributed by atoms with Gasteiger partial charge in [0.25, 0.3) is 0 Å². The van der Waals surface area contributed by atoms with Crippen molar-refractivity contribution in [2.24, 2.45) is 0 Å². The van der Waals surface area contributed by atoms with Gasteiger partial charge in [0, 0.05) is 18.0 Å². The lowest BCUT2D eigenvalue weighted by Gasteiger charge is -2.10. The molecule has 1 aromatic heterocycles. The fourth-order valence-corrected chi connectivity index (χ4v) is 1.95. The van der Waals surface area contributed by atoms with Crippen LogP contribution in [0.2, 0.25) is 5.02 Å². The summed E-state index contributed by atoms with van der Waals surface area (Å²) < 4.78 is 6.47. The van der Waals surface area contributed by atoms with Crippen LogP contribution in [0.25, 0.3) is 0 Å². The summed E-state index contributed by atoms with van der Waals surface area (Å²) in [6.45, 7) is 0.225. The van der Waals surface area contributed by atoms with Gasteiger partial charge >= 0.3 is 5.69 Å². The highest BCUT2D eigenvalue weighted by Crippen LogP contribution is 2.27. The molecule has 1 heterocycles. The summed E-state index contributed by atoms with van der Waals surface area (Å²) in [6, 6.07) is 4.88. The van der Waals surface area contributed by atoms with Crippen molar-refractivity contribution in [1.29, 1.82) is 0 Å². The molecule has 0 atom stereocenters. The SMILES string of the molecule is COc1ccc(Cl)cc1NC(=O)CCn1cc([N+](=O)[O-])cn1. The van der Waals surface area contributed by atoms with E-state index in [9.17, 15) is 14.9 Å². The van der Waals surface area contributed by atoms with Crippen molar-refractivity contribution in [3.05, 3.63) is 45.7 Å². The van der Waals surface area contributed by atoms with Crippen molar-refractivity contribution in [2.45, 2.75) is 13.0 Å². The molecule has 9 heteroatoms. The molecule has 1 aromatic carbocycles. The third kappa shape index (κ3) is 3.95. The molecule has 0 aliphatic rings. The quantitative estimate of drug-likeness (QED) is 0.650. The maximum Gasteiger partial charge on any atom is 0.306 e. The molecule has 0 radical (unpaired) electrons. The summed E-state index contributed by atoms with van der Waals surface area (Å²) in [5.74, 6) is 0.214. The average Bonchev–Trinajstić information content (AvgIpc) is 2.94. The number of aryl methyl sites for hydroxylation is 1. The predicted octanol–water partition coefficient (Wildman–Crippen LogP) is 2.48. The van der Waals surface area contributed by atoms with Gasteiger partial charge in [0.15, 0.2) is 0 Å². The smallest absolute Gasteiger partial charge is 0.306 e. The lowest BCUT2D eigenvalue weighted by Crippen LogP contribution is -2.15. The molecular weight excluding hydrogens is 312 g/mol. The number of benzene rings is 1. The van der Waals surface area contributed by atoms with Gasteiger partial charge in [0.05, 0.1) is 17.7 Å². The standard InChI is InChI=1S/C13H13ClN4O4/c1-22-12-3-2-9(14)6-11(12)16-13(19)4-5-17-8-10(7-15-17)18(20)21/h2-3,6-8H,4-5H2,1H3,(H,16,19). The Labute approximate surface area is 130 Å². The maximum atomic E-state index is 11.9. The highest BCUT2D eigenvalue weighted by atomic mass is 35.5. The molecule has 0 fully saturated rings. The van der Waals surface area contributed by atoms with Gasteiger partial charge < -0.3 is 10.1 Å². The van der Waals surface area contributed by atoms with E-state index in [0.29, 0.717) is 16.5 Å². The number of carbonyl (C=O) groups is 1. The Kier molecular flexibility index (Phi) is 4.95. The summed E-state index contributed by atoms with van der Waals surface area (Å²) in [5, 5.41) is 17.5. The second kappa shape index (κ2) is 6.90. The molecule has 22 heavy (non-hydrogen) atoms. The summed E-state index contributed by atoms with van der Waals surface area (Å²) in [5.41, 5.74) is 0.350. The van der Waals surface area contributed by atoms with E-state index in [-0.39, 0.29) is 24.6 Å². The lowest BCUT2D eigenvalue weighted by atomic mass is 10.2. The van der Waals surface area contributed by atoms with Gasteiger partial charge in [-0.15, -0.1) is 0 Å². The number of nitro groups is 1. The van der Waals surface area contributed by atoms with Crippen LogP contribution >= 0.6 is 11.6 Å². The van der Waals surface area contributed by atoms with Crippen LogP contribution < -0.4 is 10.1 Å². The highest BCUT2D eigenvalue weighted by molar-refractivity contribution is 6.31. The third-order valence-electron chi connectivity index (χ3n) is 2.83. The second-order valence-corrected chi connectivity index (χ2v) is 4.80. The number of nitrogens with one attached hydrogen (secondary N) is 1. The van der Waals surface area contributed by atoms with E-state index in [4.69, 9.17) is 16.3 Å². The van der Waals surface area contributed by atoms with Crippen LogP contribution in [0.15, 0.2) is 30.6 Å². The van der Waals surface area contributed by atoms with E-state index < -0.39 is 4.92 Å². The summed E-state index contributed by atoms with van der Waals surface area (Å²) >= 11 is 5.88. The second-order valence-electron chi connectivity index (χ2n) is 4.36. The van der Waals surface area contributed by atoms with Crippen molar-refractivity contribution < 1.29 is 14.5 Å². The molecule has 2 rings (SSSR count). The Morgan fingerprint density at radius 2 is 2.32 bits per heavy atom.